The van der Waals surface area contributed by atoms with Crippen molar-refractivity contribution in [1.82, 2.24) is 9.97 Å². The van der Waals surface area contributed by atoms with Gasteiger partial charge in [0.25, 0.3) is 0 Å². The zero-order chi connectivity index (χ0) is 13.4. The van der Waals surface area contributed by atoms with Crippen molar-refractivity contribution in [3.8, 4) is 0 Å². The Hall–Kier alpha value is -1.08. The number of nitrogens with zero attached hydrogens (tertiary/aromatic N) is 2. The molecule has 102 valence electrons. The van der Waals surface area contributed by atoms with Crippen molar-refractivity contribution >= 4 is 0 Å². The van der Waals surface area contributed by atoms with Crippen LogP contribution in [0.3, 0.4) is 0 Å². The Labute approximate surface area is 106 Å². The first-order valence-electron chi connectivity index (χ1n) is 6.03. The maximum atomic E-state index is 9.55. The Bertz CT molecular complexity index is 349. The van der Waals surface area contributed by atoms with Crippen LogP contribution in [0.4, 0.5) is 0 Å². The zero-order valence-corrected chi connectivity index (χ0v) is 10.2. The lowest BCUT2D eigenvalue weighted by molar-refractivity contribution is 0.0883. The summed E-state index contributed by atoms with van der Waals surface area (Å²) in [6, 6.07) is 0. The summed E-state index contributed by atoms with van der Waals surface area (Å²) in [5, 5.41) is 36.2. The highest BCUT2D eigenvalue weighted by Crippen LogP contribution is 2.06. The summed E-state index contributed by atoms with van der Waals surface area (Å²) in [6.07, 6.45) is 3.43. The molecule has 0 aromatic carbocycles. The quantitative estimate of drug-likeness (QED) is 0.478. The van der Waals surface area contributed by atoms with Crippen LogP contribution in [0, 0.1) is 0 Å². The van der Waals surface area contributed by atoms with Crippen LogP contribution in [0.15, 0.2) is 12.4 Å². The SMILES string of the molecule is OCCC(O)Cc1cncc(CCC(O)CO)n1. The van der Waals surface area contributed by atoms with E-state index in [1.54, 1.807) is 12.4 Å². The number of rotatable bonds is 8. The summed E-state index contributed by atoms with van der Waals surface area (Å²) in [5.41, 5.74) is 1.38. The molecule has 0 aliphatic rings. The van der Waals surface area contributed by atoms with E-state index in [1.165, 1.54) is 0 Å². The first-order chi connectivity index (χ1) is 8.65. The van der Waals surface area contributed by atoms with Crippen LogP contribution in [-0.2, 0) is 12.8 Å². The Morgan fingerprint density at radius 2 is 1.72 bits per heavy atom. The van der Waals surface area contributed by atoms with Crippen molar-refractivity contribution in [2.75, 3.05) is 13.2 Å². The van der Waals surface area contributed by atoms with E-state index in [-0.39, 0.29) is 13.2 Å². The van der Waals surface area contributed by atoms with E-state index < -0.39 is 12.2 Å². The third kappa shape index (κ3) is 5.50. The van der Waals surface area contributed by atoms with Gasteiger partial charge in [-0.05, 0) is 19.3 Å². The summed E-state index contributed by atoms with van der Waals surface area (Å²) >= 11 is 0. The first kappa shape index (κ1) is 15.0. The molecule has 0 spiro atoms. The van der Waals surface area contributed by atoms with Gasteiger partial charge in [-0.3, -0.25) is 9.97 Å². The van der Waals surface area contributed by atoms with Crippen LogP contribution in [0.25, 0.3) is 0 Å². The van der Waals surface area contributed by atoms with E-state index in [2.05, 4.69) is 9.97 Å². The van der Waals surface area contributed by atoms with Crippen LogP contribution in [0.2, 0.25) is 0 Å². The zero-order valence-electron chi connectivity index (χ0n) is 10.2. The van der Waals surface area contributed by atoms with Crippen LogP contribution < -0.4 is 0 Å². The molecule has 4 N–H and O–H groups in total. The van der Waals surface area contributed by atoms with E-state index >= 15 is 0 Å². The predicted octanol–water partition coefficient (Wildman–Crippen LogP) is -0.952. The standard InChI is InChI=1S/C12H20N2O4/c15-4-3-11(17)5-10-7-13-6-9(14-10)1-2-12(18)8-16/h6-7,11-12,15-18H,1-5,8H2. The number of hydrogen-bond donors (Lipinski definition) is 4. The van der Waals surface area contributed by atoms with Crippen LogP contribution in [0.5, 0.6) is 0 Å². The fraction of sp³-hybridized carbons (Fsp3) is 0.667. The summed E-state index contributed by atoms with van der Waals surface area (Å²) in [4.78, 5) is 8.33. The molecule has 1 aromatic heterocycles. The van der Waals surface area contributed by atoms with Gasteiger partial charge in [0.05, 0.1) is 30.2 Å². The second kappa shape index (κ2) is 8.10. The van der Waals surface area contributed by atoms with E-state index in [4.69, 9.17) is 10.2 Å². The molecule has 0 saturated carbocycles. The number of hydrogen-bond acceptors (Lipinski definition) is 6. The van der Waals surface area contributed by atoms with Crippen molar-refractivity contribution in [1.29, 1.82) is 0 Å². The van der Waals surface area contributed by atoms with Gasteiger partial charge in [0.15, 0.2) is 0 Å². The Kier molecular flexibility index (Phi) is 6.74. The van der Waals surface area contributed by atoms with Gasteiger partial charge in [-0.25, -0.2) is 0 Å². The normalized spacial score (nSPS) is 14.4. The molecule has 0 fully saturated rings. The molecule has 6 heteroatoms. The molecule has 2 unspecified atom stereocenters. The molecule has 0 radical (unpaired) electrons. The molecule has 6 nitrogen and oxygen atoms in total. The molecular formula is C12H20N2O4. The predicted molar refractivity (Wildman–Crippen MR) is 64.9 cm³/mol. The maximum absolute atomic E-state index is 9.55. The van der Waals surface area contributed by atoms with Crippen LogP contribution >= 0.6 is 0 Å². The van der Waals surface area contributed by atoms with Crippen molar-refractivity contribution in [2.45, 2.75) is 37.9 Å². The van der Waals surface area contributed by atoms with Crippen molar-refractivity contribution < 1.29 is 20.4 Å². The highest BCUT2D eigenvalue weighted by atomic mass is 16.3. The molecule has 1 rings (SSSR count). The third-order valence-electron chi connectivity index (χ3n) is 2.59. The summed E-state index contributed by atoms with van der Waals surface area (Å²) in [5.74, 6) is 0. The maximum Gasteiger partial charge on any atom is 0.0774 e. The summed E-state index contributed by atoms with van der Waals surface area (Å²) < 4.78 is 0. The average Bonchev–Trinajstić information content (AvgIpc) is 2.36. The number of aryl methyl sites for hydroxylation is 1. The molecule has 0 amide bonds. The topological polar surface area (TPSA) is 107 Å². The molecule has 1 aromatic rings. The summed E-state index contributed by atoms with van der Waals surface area (Å²) in [6.45, 7) is -0.320. The van der Waals surface area contributed by atoms with Crippen molar-refractivity contribution in [3.05, 3.63) is 23.8 Å². The fourth-order valence-electron chi connectivity index (χ4n) is 1.57. The van der Waals surface area contributed by atoms with Crippen LogP contribution in [0.1, 0.15) is 24.2 Å². The van der Waals surface area contributed by atoms with Crippen molar-refractivity contribution in [2.24, 2.45) is 0 Å². The lowest BCUT2D eigenvalue weighted by atomic mass is 10.1. The Morgan fingerprint density at radius 3 is 2.39 bits per heavy atom. The third-order valence-corrected chi connectivity index (χ3v) is 2.59. The number of aliphatic hydroxyl groups excluding tert-OH is 4. The van der Waals surface area contributed by atoms with Gasteiger partial charge >= 0.3 is 0 Å². The summed E-state index contributed by atoms with van der Waals surface area (Å²) in [7, 11) is 0. The Morgan fingerprint density at radius 1 is 1.00 bits per heavy atom. The van der Waals surface area contributed by atoms with Crippen LogP contribution in [-0.4, -0.2) is 55.8 Å². The lowest BCUT2D eigenvalue weighted by Crippen LogP contribution is -2.15. The number of aromatic nitrogens is 2. The fourth-order valence-corrected chi connectivity index (χ4v) is 1.57. The van der Waals surface area contributed by atoms with Gasteiger partial charge in [-0.15, -0.1) is 0 Å². The lowest BCUT2D eigenvalue weighted by Gasteiger charge is -2.10. The average molecular weight is 256 g/mol. The minimum Gasteiger partial charge on any atom is -0.396 e. The molecular weight excluding hydrogens is 236 g/mol. The highest BCUT2D eigenvalue weighted by Gasteiger charge is 2.08. The second-order valence-corrected chi connectivity index (χ2v) is 4.25. The van der Waals surface area contributed by atoms with Gasteiger partial charge in [0.1, 0.15) is 0 Å². The molecule has 0 saturated heterocycles. The van der Waals surface area contributed by atoms with Gasteiger partial charge in [-0.1, -0.05) is 0 Å². The highest BCUT2D eigenvalue weighted by molar-refractivity contribution is 5.04. The largest absolute Gasteiger partial charge is 0.396 e. The van der Waals surface area contributed by atoms with Crippen molar-refractivity contribution in [3.63, 3.8) is 0 Å². The van der Waals surface area contributed by atoms with Gasteiger partial charge in [0, 0.05) is 25.4 Å². The smallest absolute Gasteiger partial charge is 0.0774 e. The number of aliphatic hydroxyl groups is 4. The monoisotopic (exact) mass is 256 g/mol. The second-order valence-electron chi connectivity index (χ2n) is 4.25. The molecule has 1 heterocycles. The van der Waals surface area contributed by atoms with Gasteiger partial charge in [-0.2, -0.15) is 0 Å². The van der Waals surface area contributed by atoms with E-state index in [0.717, 1.165) is 5.69 Å². The van der Waals surface area contributed by atoms with Gasteiger partial charge in [0.2, 0.25) is 0 Å². The molecule has 18 heavy (non-hydrogen) atoms. The molecule has 0 aliphatic heterocycles. The van der Waals surface area contributed by atoms with E-state index in [9.17, 15) is 10.2 Å². The Balaban J connectivity index is 2.51. The minimum atomic E-state index is -0.740. The van der Waals surface area contributed by atoms with E-state index in [0.29, 0.717) is 31.4 Å². The van der Waals surface area contributed by atoms with Gasteiger partial charge < -0.3 is 20.4 Å². The minimum absolute atomic E-state index is 0.0586. The first-order valence-corrected chi connectivity index (χ1v) is 6.03. The molecule has 0 bridgehead atoms. The molecule has 0 aliphatic carbocycles. The molecule has 2 atom stereocenters. The van der Waals surface area contributed by atoms with E-state index in [1.807, 2.05) is 0 Å².